The predicted molar refractivity (Wildman–Crippen MR) is 119 cm³/mol. The van der Waals surface area contributed by atoms with Crippen LogP contribution in [0.4, 0.5) is 0 Å². The molecule has 0 aliphatic rings. The van der Waals surface area contributed by atoms with Crippen molar-refractivity contribution < 1.29 is 0 Å². The van der Waals surface area contributed by atoms with Crippen molar-refractivity contribution in [2.75, 3.05) is 0 Å². The van der Waals surface area contributed by atoms with E-state index >= 15 is 0 Å². The largest absolute Gasteiger partial charge is 0.288 e. The Hall–Kier alpha value is -3.57. The van der Waals surface area contributed by atoms with Gasteiger partial charge in [0.25, 0.3) is 5.56 Å². The Labute approximate surface area is 170 Å². The van der Waals surface area contributed by atoms with Gasteiger partial charge in [-0.1, -0.05) is 60.2 Å². The zero-order chi connectivity index (χ0) is 20.0. The van der Waals surface area contributed by atoms with Crippen LogP contribution in [0.1, 0.15) is 5.56 Å². The molecule has 0 saturated carbocycles. The van der Waals surface area contributed by atoms with E-state index in [1.807, 2.05) is 79.7 Å². The van der Waals surface area contributed by atoms with Crippen LogP contribution in [-0.4, -0.2) is 9.55 Å². The van der Waals surface area contributed by atoms with Crippen molar-refractivity contribution >= 4 is 31.6 Å². The Balaban J connectivity index is 1.97. The van der Waals surface area contributed by atoms with E-state index in [1.54, 1.807) is 6.07 Å². The summed E-state index contributed by atoms with van der Waals surface area (Å²) in [6.45, 7) is 2.01. The summed E-state index contributed by atoms with van der Waals surface area (Å²) < 4.78 is 2.36. The molecule has 29 heavy (non-hydrogen) atoms. The van der Waals surface area contributed by atoms with Crippen LogP contribution in [0.25, 0.3) is 37.4 Å². The minimum Gasteiger partial charge on any atom is -0.288 e. The van der Waals surface area contributed by atoms with E-state index in [4.69, 9.17) is 4.98 Å². The molecule has 0 aliphatic heterocycles. The summed E-state index contributed by atoms with van der Waals surface area (Å²) in [4.78, 5) is 32.0. The molecule has 140 valence electrons. The first kappa shape index (κ1) is 17.5. The number of nitrogens with zero attached hydrogens (tertiary/aromatic N) is 2. The first-order chi connectivity index (χ1) is 14.1. The number of rotatable bonds is 2. The fraction of sp³-hybridized carbons (Fsp3) is 0.0417. The number of hydrogen-bond donors (Lipinski definition) is 0. The molecule has 5 heteroatoms. The Kier molecular flexibility index (Phi) is 4.11. The molecule has 5 rings (SSSR count). The quantitative estimate of drug-likeness (QED) is 0.397. The Morgan fingerprint density at radius 2 is 1.52 bits per heavy atom. The van der Waals surface area contributed by atoms with E-state index in [0.717, 1.165) is 15.8 Å². The van der Waals surface area contributed by atoms with E-state index in [1.165, 1.54) is 15.9 Å². The van der Waals surface area contributed by atoms with Crippen LogP contribution in [0.5, 0.6) is 0 Å². The molecule has 0 aliphatic carbocycles. The van der Waals surface area contributed by atoms with Crippen molar-refractivity contribution in [1.82, 2.24) is 9.55 Å². The number of aromatic nitrogens is 2. The molecule has 2 heterocycles. The standard InChI is InChI=1S/C24H16N2O2S/c1-15-11-13-16(14-12-15)22-25-23-20(21(27)18-9-5-6-10-19(18)29-23)24(28)26(22)17-7-3-2-4-8-17/h2-14H,1H3. The lowest BCUT2D eigenvalue weighted by molar-refractivity contribution is 0.977. The molecule has 0 fully saturated rings. The second-order valence-electron chi connectivity index (χ2n) is 6.89. The SMILES string of the molecule is Cc1ccc(-c2nc3sc4ccccc4c(=O)c3c(=O)n2-c2ccccc2)cc1. The number of fused-ring (bicyclic) bond motifs is 2. The molecule has 5 aromatic rings. The first-order valence-electron chi connectivity index (χ1n) is 9.24. The molecule has 3 aromatic carbocycles. The smallest absolute Gasteiger partial charge is 0.271 e. The molecule has 0 bridgehead atoms. The highest BCUT2D eigenvalue weighted by Crippen LogP contribution is 2.26. The number of aryl methyl sites for hydroxylation is 1. The Morgan fingerprint density at radius 3 is 2.28 bits per heavy atom. The van der Waals surface area contributed by atoms with Crippen molar-refractivity contribution in [1.29, 1.82) is 0 Å². The lowest BCUT2D eigenvalue weighted by Gasteiger charge is -2.14. The molecule has 0 N–H and O–H groups in total. The van der Waals surface area contributed by atoms with Crippen LogP contribution >= 0.6 is 11.3 Å². The average Bonchev–Trinajstić information content (AvgIpc) is 2.75. The molecule has 0 spiro atoms. The van der Waals surface area contributed by atoms with Gasteiger partial charge in [0, 0.05) is 15.6 Å². The van der Waals surface area contributed by atoms with Gasteiger partial charge in [-0.25, -0.2) is 4.98 Å². The molecule has 0 amide bonds. The third kappa shape index (κ3) is 2.87. The minimum atomic E-state index is -0.344. The highest BCUT2D eigenvalue weighted by Gasteiger charge is 2.18. The van der Waals surface area contributed by atoms with Gasteiger partial charge < -0.3 is 0 Å². The maximum Gasteiger partial charge on any atom is 0.271 e. The van der Waals surface area contributed by atoms with Crippen molar-refractivity contribution in [3.05, 3.63) is 105 Å². The van der Waals surface area contributed by atoms with Gasteiger partial charge in [-0.3, -0.25) is 14.2 Å². The molecular formula is C24H16N2O2S. The molecule has 0 atom stereocenters. The molecule has 4 nitrogen and oxygen atoms in total. The molecule has 0 saturated heterocycles. The fourth-order valence-corrected chi connectivity index (χ4v) is 4.50. The average molecular weight is 396 g/mol. The third-order valence-corrected chi connectivity index (χ3v) is 6.00. The summed E-state index contributed by atoms with van der Waals surface area (Å²) in [5.41, 5.74) is 2.01. The summed E-state index contributed by atoms with van der Waals surface area (Å²) in [6, 6.07) is 24.5. The predicted octanol–water partition coefficient (Wildman–Crippen LogP) is 4.94. The summed E-state index contributed by atoms with van der Waals surface area (Å²) in [7, 11) is 0. The summed E-state index contributed by atoms with van der Waals surface area (Å²) in [6.07, 6.45) is 0. The summed E-state index contributed by atoms with van der Waals surface area (Å²) in [5.74, 6) is 0.527. The van der Waals surface area contributed by atoms with Crippen LogP contribution in [0.2, 0.25) is 0 Å². The molecule has 0 radical (unpaired) electrons. The monoisotopic (exact) mass is 396 g/mol. The van der Waals surface area contributed by atoms with Crippen molar-refractivity contribution in [3.63, 3.8) is 0 Å². The van der Waals surface area contributed by atoms with Gasteiger partial charge in [0.2, 0.25) is 5.43 Å². The van der Waals surface area contributed by atoms with E-state index in [2.05, 4.69) is 0 Å². The van der Waals surface area contributed by atoms with Gasteiger partial charge in [-0.15, -0.1) is 11.3 Å². The van der Waals surface area contributed by atoms with Crippen LogP contribution in [0.15, 0.2) is 88.5 Å². The normalized spacial score (nSPS) is 11.2. The molecule has 2 aromatic heterocycles. The number of hydrogen-bond acceptors (Lipinski definition) is 4. The van der Waals surface area contributed by atoms with Crippen LogP contribution in [0.3, 0.4) is 0 Å². The first-order valence-corrected chi connectivity index (χ1v) is 10.1. The van der Waals surface area contributed by atoms with Crippen LogP contribution < -0.4 is 11.0 Å². The number of benzene rings is 3. The van der Waals surface area contributed by atoms with Gasteiger partial charge in [-0.2, -0.15) is 0 Å². The maximum atomic E-state index is 13.6. The van der Waals surface area contributed by atoms with Gasteiger partial charge in [0.05, 0.1) is 5.69 Å². The zero-order valence-electron chi connectivity index (χ0n) is 15.6. The highest BCUT2D eigenvalue weighted by atomic mass is 32.1. The van der Waals surface area contributed by atoms with E-state index < -0.39 is 0 Å². The highest BCUT2D eigenvalue weighted by molar-refractivity contribution is 7.24. The fourth-order valence-electron chi connectivity index (χ4n) is 3.46. The van der Waals surface area contributed by atoms with Gasteiger partial charge >= 0.3 is 0 Å². The summed E-state index contributed by atoms with van der Waals surface area (Å²) in [5, 5.41) is 0.681. The van der Waals surface area contributed by atoms with Crippen molar-refractivity contribution in [2.24, 2.45) is 0 Å². The second-order valence-corrected chi connectivity index (χ2v) is 7.92. The van der Waals surface area contributed by atoms with Gasteiger partial charge in [0.15, 0.2) is 0 Å². The van der Waals surface area contributed by atoms with Gasteiger partial charge in [-0.05, 0) is 31.2 Å². The van der Waals surface area contributed by atoms with E-state index in [-0.39, 0.29) is 16.4 Å². The third-order valence-electron chi connectivity index (χ3n) is 4.94. The molecule has 0 unspecified atom stereocenters. The molecular weight excluding hydrogens is 380 g/mol. The summed E-state index contributed by atoms with van der Waals surface area (Å²) >= 11 is 1.37. The lowest BCUT2D eigenvalue weighted by atomic mass is 10.1. The Bertz CT molecular complexity index is 1480. The van der Waals surface area contributed by atoms with Crippen molar-refractivity contribution in [3.8, 4) is 17.1 Å². The van der Waals surface area contributed by atoms with Crippen LogP contribution in [0, 0.1) is 6.92 Å². The van der Waals surface area contributed by atoms with Crippen LogP contribution in [-0.2, 0) is 0 Å². The maximum absolute atomic E-state index is 13.6. The lowest BCUT2D eigenvalue weighted by Crippen LogP contribution is -2.26. The minimum absolute atomic E-state index is 0.133. The topological polar surface area (TPSA) is 52.0 Å². The van der Waals surface area contributed by atoms with Gasteiger partial charge in [0.1, 0.15) is 16.0 Å². The van der Waals surface area contributed by atoms with E-state index in [0.29, 0.717) is 21.7 Å². The number of para-hydroxylation sites is 1. The van der Waals surface area contributed by atoms with E-state index in [9.17, 15) is 9.59 Å². The zero-order valence-corrected chi connectivity index (χ0v) is 16.4. The second kappa shape index (κ2) is 6.79. The Morgan fingerprint density at radius 1 is 0.828 bits per heavy atom. The van der Waals surface area contributed by atoms with Crippen molar-refractivity contribution in [2.45, 2.75) is 6.92 Å².